The van der Waals surface area contributed by atoms with E-state index in [4.69, 9.17) is 0 Å². The number of hydroxylamine groups is 1. The summed E-state index contributed by atoms with van der Waals surface area (Å²) in [6, 6.07) is 0. The second-order valence-corrected chi connectivity index (χ2v) is 6.24. The molecule has 0 spiro atoms. The molecule has 4 heteroatoms. The van der Waals surface area contributed by atoms with Crippen molar-refractivity contribution in [1.29, 1.82) is 0 Å². The highest BCUT2D eigenvalue weighted by atomic mass is 16.5. The topological polar surface area (TPSA) is 64.2 Å². The highest BCUT2D eigenvalue weighted by Crippen LogP contribution is 2.12. The van der Waals surface area contributed by atoms with Crippen LogP contribution in [0.5, 0.6) is 0 Å². The van der Waals surface area contributed by atoms with Crippen molar-refractivity contribution < 1.29 is 4.79 Å². The molecule has 0 aliphatic rings. The Balaban J connectivity index is 3.08. The Morgan fingerprint density at radius 3 is 1.73 bits per heavy atom. The van der Waals surface area contributed by atoms with Crippen molar-refractivity contribution in [3.63, 3.8) is 0 Å². The smallest absolute Gasteiger partial charge is 0.219 e. The lowest BCUT2D eigenvalue weighted by Gasteiger charge is -2.08. The number of hydrogen-bond donors (Lipinski definition) is 2. The van der Waals surface area contributed by atoms with Crippen LogP contribution in [-0.4, -0.2) is 19.0 Å². The van der Waals surface area contributed by atoms with Gasteiger partial charge in [-0.05, 0) is 19.4 Å². The molecule has 0 aromatic heterocycles. The average Bonchev–Trinajstić information content (AvgIpc) is 2.52. The van der Waals surface area contributed by atoms with Crippen molar-refractivity contribution in [3.05, 3.63) is 5.21 Å². The van der Waals surface area contributed by atoms with Gasteiger partial charge in [0.1, 0.15) is 0 Å². The van der Waals surface area contributed by atoms with Crippen LogP contribution in [0.25, 0.3) is 0 Å². The van der Waals surface area contributed by atoms with Crippen LogP contribution >= 0.6 is 0 Å². The Kier molecular flexibility index (Phi) is 17.9. The first-order chi connectivity index (χ1) is 10.8. The molecular weight excluding hydrogens is 276 g/mol. The van der Waals surface area contributed by atoms with Crippen LogP contribution in [0, 0.1) is 5.21 Å². The highest BCUT2D eigenvalue weighted by Gasteiger charge is 2.00. The molecule has 0 unspecified atom stereocenters. The van der Waals surface area contributed by atoms with Crippen LogP contribution in [0.15, 0.2) is 0 Å². The molecule has 132 valence electrons. The maximum atomic E-state index is 11.5. The molecular formula is C18H37N2O2-. The molecule has 0 aliphatic heterocycles. The largest absolute Gasteiger partial charge is 0.788 e. The Bertz CT molecular complexity index is 235. The SMILES string of the molecule is CCCCCCCCCCCCCCC(=O)NCCCN[O-]. The van der Waals surface area contributed by atoms with Crippen LogP contribution < -0.4 is 10.8 Å². The van der Waals surface area contributed by atoms with Gasteiger partial charge in [-0.25, -0.2) is 0 Å². The quantitative estimate of drug-likeness (QED) is 0.303. The first-order valence-corrected chi connectivity index (χ1v) is 9.43. The Labute approximate surface area is 137 Å². The van der Waals surface area contributed by atoms with E-state index in [1.807, 2.05) is 5.48 Å². The summed E-state index contributed by atoms with van der Waals surface area (Å²) in [5.74, 6) is 0.123. The standard InChI is InChI=1S/C18H37N2O2/c1-2-3-4-5-6-7-8-9-10-11-12-13-15-18(21)19-16-14-17-20-22/h20H,2-17H2,1H3,(H,19,21)/q-1. The monoisotopic (exact) mass is 313 g/mol. The van der Waals surface area contributed by atoms with Crippen molar-refractivity contribution in [1.82, 2.24) is 10.8 Å². The minimum atomic E-state index is 0.123. The van der Waals surface area contributed by atoms with Gasteiger partial charge in [-0.1, -0.05) is 77.6 Å². The summed E-state index contributed by atoms with van der Waals surface area (Å²) in [7, 11) is 0. The van der Waals surface area contributed by atoms with E-state index < -0.39 is 0 Å². The van der Waals surface area contributed by atoms with Crippen molar-refractivity contribution in [3.8, 4) is 0 Å². The minimum absolute atomic E-state index is 0.123. The van der Waals surface area contributed by atoms with Gasteiger partial charge in [-0.15, -0.1) is 0 Å². The zero-order valence-corrected chi connectivity index (χ0v) is 14.6. The summed E-state index contributed by atoms with van der Waals surface area (Å²) >= 11 is 0. The van der Waals surface area contributed by atoms with Crippen LogP contribution in [-0.2, 0) is 4.79 Å². The molecule has 22 heavy (non-hydrogen) atoms. The summed E-state index contributed by atoms with van der Waals surface area (Å²) in [5, 5.41) is 12.8. The first kappa shape index (κ1) is 21.4. The number of nitrogens with one attached hydrogen (secondary N) is 2. The molecule has 0 heterocycles. The normalized spacial score (nSPS) is 10.8. The Hall–Kier alpha value is -0.610. The third kappa shape index (κ3) is 17.4. The van der Waals surface area contributed by atoms with Gasteiger partial charge in [-0.2, -0.15) is 0 Å². The van der Waals surface area contributed by atoms with Crippen LogP contribution in [0.4, 0.5) is 0 Å². The molecule has 0 aromatic rings. The molecule has 0 atom stereocenters. The van der Waals surface area contributed by atoms with Gasteiger partial charge < -0.3 is 16.0 Å². The van der Waals surface area contributed by atoms with Crippen molar-refractivity contribution in [2.75, 3.05) is 13.1 Å². The summed E-state index contributed by atoms with van der Waals surface area (Å²) in [6.45, 7) is 3.28. The molecule has 0 radical (unpaired) electrons. The summed E-state index contributed by atoms with van der Waals surface area (Å²) in [5.41, 5.74) is 1.83. The molecule has 0 bridgehead atoms. The van der Waals surface area contributed by atoms with Gasteiger partial charge in [0.2, 0.25) is 5.91 Å². The predicted octanol–water partition coefficient (Wildman–Crippen LogP) is 4.67. The van der Waals surface area contributed by atoms with Gasteiger partial charge in [0.15, 0.2) is 0 Å². The lowest BCUT2D eigenvalue weighted by Crippen LogP contribution is -2.25. The Morgan fingerprint density at radius 2 is 1.23 bits per heavy atom. The van der Waals surface area contributed by atoms with Crippen molar-refractivity contribution >= 4 is 5.91 Å². The second kappa shape index (κ2) is 18.4. The molecule has 2 N–H and O–H groups in total. The number of amides is 1. The van der Waals surface area contributed by atoms with Gasteiger partial charge >= 0.3 is 0 Å². The van der Waals surface area contributed by atoms with E-state index in [9.17, 15) is 10.0 Å². The first-order valence-electron chi connectivity index (χ1n) is 9.43. The third-order valence-electron chi connectivity index (χ3n) is 4.04. The fraction of sp³-hybridized carbons (Fsp3) is 0.944. The van der Waals surface area contributed by atoms with E-state index in [1.54, 1.807) is 0 Å². The van der Waals surface area contributed by atoms with Crippen molar-refractivity contribution in [2.45, 2.75) is 96.8 Å². The lowest BCUT2D eigenvalue weighted by molar-refractivity contribution is -0.121. The van der Waals surface area contributed by atoms with Gasteiger partial charge in [-0.3, -0.25) is 4.79 Å². The van der Waals surface area contributed by atoms with E-state index in [-0.39, 0.29) is 5.91 Å². The molecule has 0 saturated heterocycles. The second-order valence-electron chi connectivity index (χ2n) is 6.24. The number of carbonyl (C=O) groups excluding carboxylic acids is 1. The molecule has 0 aromatic carbocycles. The van der Waals surface area contributed by atoms with Crippen LogP contribution in [0.1, 0.15) is 96.8 Å². The Morgan fingerprint density at radius 1 is 0.727 bits per heavy atom. The summed E-state index contributed by atoms with van der Waals surface area (Å²) in [4.78, 5) is 11.5. The van der Waals surface area contributed by atoms with E-state index in [0.717, 1.165) is 12.8 Å². The zero-order chi connectivity index (χ0) is 16.3. The molecule has 0 rings (SSSR count). The van der Waals surface area contributed by atoms with Crippen LogP contribution in [0.3, 0.4) is 0 Å². The zero-order valence-electron chi connectivity index (χ0n) is 14.6. The molecule has 0 fully saturated rings. The number of unbranched alkanes of at least 4 members (excludes halogenated alkanes) is 11. The van der Waals surface area contributed by atoms with E-state index in [0.29, 0.717) is 25.9 Å². The van der Waals surface area contributed by atoms with E-state index in [2.05, 4.69) is 12.2 Å². The predicted molar refractivity (Wildman–Crippen MR) is 94.7 cm³/mol. The number of rotatable bonds is 17. The summed E-state index contributed by atoms with van der Waals surface area (Å²) < 4.78 is 0. The average molecular weight is 314 g/mol. The number of hydrogen-bond acceptors (Lipinski definition) is 3. The molecule has 1 amide bonds. The van der Waals surface area contributed by atoms with Gasteiger partial charge in [0.05, 0.1) is 0 Å². The maximum Gasteiger partial charge on any atom is 0.219 e. The lowest BCUT2D eigenvalue weighted by atomic mass is 10.0. The maximum absolute atomic E-state index is 11.5. The van der Waals surface area contributed by atoms with Gasteiger partial charge in [0, 0.05) is 13.0 Å². The molecule has 0 aliphatic carbocycles. The fourth-order valence-electron chi connectivity index (χ4n) is 2.60. The molecule has 0 saturated carbocycles. The molecule has 4 nitrogen and oxygen atoms in total. The minimum Gasteiger partial charge on any atom is -0.788 e. The van der Waals surface area contributed by atoms with E-state index in [1.165, 1.54) is 64.2 Å². The van der Waals surface area contributed by atoms with Gasteiger partial charge in [0.25, 0.3) is 0 Å². The van der Waals surface area contributed by atoms with Crippen molar-refractivity contribution in [2.24, 2.45) is 0 Å². The number of carbonyl (C=O) groups is 1. The van der Waals surface area contributed by atoms with E-state index >= 15 is 0 Å². The fourth-order valence-corrected chi connectivity index (χ4v) is 2.60. The van der Waals surface area contributed by atoms with Crippen LogP contribution in [0.2, 0.25) is 0 Å². The highest BCUT2D eigenvalue weighted by molar-refractivity contribution is 5.75. The summed E-state index contributed by atoms with van der Waals surface area (Å²) in [6.07, 6.45) is 17.1. The third-order valence-corrected chi connectivity index (χ3v) is 4.04.